The van der Waals surface area contributed by atoms with E-state index >= 15 is 0 Å². The molecule has 0 fully saturated rings. The largest absolute Gasteiger partial charge is 0.399 e. The van der Waals surface area contributed by atoms with Crippen LogP contribution in [0.3, 0.4) is 0 Å². The number of hydrogen-bond donors (Lipinski definition) is 2. The second kappa shape index (κ2) is 6.30. The first kappa shape index (κ1) is 14.2. The summed E-state index contributed by atoms with van der Waals surface area (Å²) in [5, 5.41) is 0.613. The summed E-state index contributed by atoms with van der Waals surface area (Å²) in [5.41, 5.74) is 11.2. The van der Waals surface area contributed by atoms with Crippen molar-refractivity contribution < 1.29 is 9.63 Å². The number of hydrogen-bond acceptors (Lipinski definition) is 4. The van der Waals surface area contributed by atoms with Crippen molar-refractivity contribution in [3.63, 3.8) is 0 Å². The van der Waals surface area contributed by atoms with Crippen molar-refractivity contribution in [2.24, 2.45) is 0 Å². The Morgan fingerprint density at radius 2 is 2.10 bits per heavy atom. The van der Waals surface area contributed by atoms with Gasteiger partial charge in [0.2, 0.25) is 0 Å². The second-order valence-corrected chi connectivity index (χ2v) is 4.87. The van der Waals surface area contributed by atoms with Gasteiger partial charge in [0.25, 0.3) is 0 Å². The molecule has 0 aromatic heterocycles. The summed E-state index contributed by atoms with van der Waals surface area (Å²) < 4.78 is 0. The third-order valence-corrected chi connectivity index (χ3v) is 3.16. The Hall–Kier alpha value is -2.20. The Kier molecular flexibility index (Phi) is 4.48. The molecular weight excluding hydrogens is 276 g/mol. The molecular formula is C15H15ClN2O2. The molecule has 0 saturated heterocycles. The van der Waals surface area contributed by atoms with Crippen molar-refractivity contribution in [3.8, 4) is 0 Å². The third kappa shape index (κ3) is 3.90. The number of nitrogen functional groups attached to an aromatic ring is 1. The van der Waals surface area contributed by atoms with Gasteiger partial charge in [0.15, 0.2) is 0 Å². The van der Waals surface area contributed by atoms with Crippen molar-refractivity contribution in [2.75, 3.05) is 11.2 Å². The molecule has 5 heteroatoms. The number of nitrogens with one attached hydrogen (secondary N) is 1. The molecule has 2 rings (SSSR count). The van der Waals surface area contributed by atoms with E-state index in [-0.39, 0.29) is 6.42 Å². The smallest absolute Gasteiger partial charge is 0.336 e. The molecule has 0 saturated carbocycles. The molecule has 0 atom stereocenters. The molecule has 4 nitrogen and oxygen atoms in total. The molecule has 0 spiro atoms. The summed E-state index contributed by atoms with van der Waals surface area (Å²) in [6, 6.07) is 12.5. The number of benzene rings is 2. The molecule has 104 valence electrons. The van der Waals surface area contributed by atoms with E-state index in [1.54, 1.807) is 30.3 Å². The van der Waals surface area contributed by atoms with Crippen LogP contribution in [0.25, 0.3) is 0 Å². The molecule has 0 amide bonds. The third-order valence-electron chi connectivity index (χ3n) is 2.75. The number of carbonyl (C=O) groups excluding carboxylic acids is 1. The van der Waals surface area contributed by atoms with Crippen LogP contribution < -0.4 is 11.2 Å². The van der Waals surface area contributed by atoms with Gasteiger partial charge in [-0.05, 0) is 42.3 Å². The van der Waals surface area contributed by atoms with Crippen LogP contribution in [0.15, 0.2) is 42.5 Å². The number of anilines is 2. The summed E-state index contributed by atoms with van der Waals surface area (Å²) in [6.07, 6.45) is 0.150. The molecule has 3 N–H and O–H groups in total. The fraction of sp³-hybridized carbons (Fsp3) is 0.133. The summed E-state index contributed by atoms with van der Waals surface area (Å²) in [6.45, 7) is 1.90. The fourth-order valence-electron chi connectivity index (χ4n) is 1.68. The van der Waals surface area contributed by atoms with Crippen LogP contribution in [-0.2, 0) is 16.1 Å². The quantitative estimate of drug-likeness (QED) is 0.669. The van der Waals surface area contributed by atoms with Crippen LogP contribution in [0, 0.1) is 6.92 Å². The highest BCUT2D eigenvalue weighted by Gasteiger charge is 2.06. The van der Waals surface area contributed by atoms with Crippen LogP contribution >= 0.6 is 11.6 Å². The van der Waals surface area contributed by atoms with Crippen LogP contribution in [0.1, 0.15) is 11.1 Å². The van der Waals surface area contributed by atoms with Gasteiger partial charge in [0, 0.05) is 10.7 Å². The first-order chi connectivity index (χ1) is 9.54. The number of nitrogens with two attached hydrogens (primary N) is 1. The summed E-state index contributed by atoms with van der Waals surface area (Å²) in [7, 11) is 0. The lowest BCUT2D eigenvalue weighted by atomic mass is 10.1. The highest BCUT2D eigenvalue weighted by molar-refractivity contribution is 6.31. The maximum atomic E-state index is 11.7. The van der Waals surface area contributed by atoms with E-state index in [1.807, 2.05) is 19.1 Å². The zero-order chi connectivity index (χ0) is 14.5. The standard InChI is InChI=1S/C15H15ClN2O2/c1-10-5-6-13(9-14(10)16)18-20-15(19)8-11-3-2-4-12(17)7-11/h2-7,9,18H,8,17H2,1H3. The van der Waals surface area contributed by atoms with E-state index in [0.29, 0.717) is 16.4 Å². The average molecular weight is 291 g/mol. The molecule has 0 aliphatic carbocycles. The molecule has 0 bridgehead atoms. The summed E-state index contributed by atoms with van der Waals surface area (Å²) in [5.74, 6) is -0.396. The van der Waals surface area contributed by atoms with E-state index in [1.165, 1.54) is 0 Å². The molecule has 0 aliphatic heterocycles. The van der Waals surface area contributed by atoms with Gasteiger partial charge in [-0.1, -0.05) is 29.8 Å². The second-order valence-electron chi connectivity index (χ2n) is 4.46. The number of aryl methyl sites for hydroxylation is 1. The van der Waals surface area contributed by atoms with Gasteiger partial charge >= 0.3 is 5.97 Å². The SMILES string of the molecule is Cc1ccc(NOC(=O)Cc2cccc(N)c2)cc1Cl. The maximum absolute atomic E-state index is 11.7. The zero-order valence-corrected chi connectivity index (χ0v) is 11.8. The lowest BCUT2D eigenvalue weighted by molar-refractivity contribution is -0.139. The molecule has 0 heterocycles. The fourth-order valence-corrected chi connectivity index (χ4v) is 1.86. The van der Waals surface area contributed by atoms with Crippen LogP contribution in [-0.4, -0.2) is 5.97 Å². The molecule has 0 radical (unpaired) electrons. The van der Waals surface area contributed by atoms with Crippen molar-refractivity contribution in [1.29, 1.82) is 0 Å². The summed E-state index contributed by atoms with van der Waals surface area (Å²) in [4.78, 5) is 16.7. The van der Waals surface area contributed by atoms with Gasteiger partial charge in [-0.3, -0.25) is 0 Å². The maximum Gasteiger partial charge on any atom is 0.336 e. The number of rotatable bonds is 4. The minimum atomic E-state index is -0.396. The van der Waals surface area contributed by atoms with Crippen LogP contribution in [0.5, 0.6) is 0 Å². The Morgan fingerprint density at radius 1 is 1.30 bits per heavy atom. The normalized spacial score (nSPS) is 10.1. The summed E-state index contributed by atoms with van der Waals surface area (Å²) >= 11 is 5.98. The Balaban J connectivity index is 1.90. The Labute approximate surface area is 122 Å². The van der Waals surface area contributed by atoms with Gasteiger partial charge in [0.1, 0.15) is 0 Å². The predicted molar refractivity (Wildman–Crippen MR) is 80.5 cm³/mol. The lowest BCUT2D eigenvalue weighted by Gasteiger charge is -2.08. The van der Waals surface area contributed by atoms with E-state index in [0.717, 1.165) is 11.1 Å². The number of halogens is 1. The Bertz CT molecular complexity index is 629. The Morgan fingerprint density at radius 3 is 2.80 bits per heavy atom. The predicted octanol–water partition coefficient (Wildman–Crippen LogP) is 3.34. The van der Waals surface area contributed by atoms with Crippen molar-refractivity contribution >= 4 is 28.9 Å². The van der Waals surface area contributed by atoms with Crippen LogP contribution in [0.4, 0.5) is 11.4 Å². The van der Waals surface area contributed by atoms with Gasteiger partial charge < -0.3 is 10.6 Å². The zero-order valence-electron chi connectivity index (χ0n) is 11.0. The lowest BCUT2D eigenvalue weighted by Crippen LogP contribution is -2.13. The van der Waals surface area contributed by atoms with Crippen molar-refractivity contribution in [3.05, 3.63) is 58.6 Å². The van der Waals surface area contributed by atoms with Gasteiger partial charge in [0.05, 0.1) is 12.1 Å². The monoisotopic (exact) mass is 290 g/mol. The first-order valence-electron chi connectivity index (χ1n) is 6.11. The first-order valence-corrected chi connectivity index (χ1v) is 6.48. The average Bonchev–Trinajstić information content (AvgIpc) is 2.40. The molecule has 0 aliphatic rings. The van der Waals surface area contributed by atoms with E-state index in [9.17, 15) is 4.79 Å². The highest BCUT2D eigenvalue weighted by atomic mass is 35.5. The molecule has 2 aromatic carbocycles. The van der Waals surface area contributed by atoms with Gasteiger partial charge in [-0.15, -0.1) is 0 Å². The van der Waals surface area contributed by atoms with Gasteiger partial charge in [-0.2, -0.15) is 0 Å². The number of carbonyl (C=O) groups is 1. The van der Waals surface area contributed by atoms with Crippen molar-refractivity contribution in [2.45, 2.75) is 13.3 Å². The molecule has 2 aromatic rings. The van der Waals surface area contributed by atoms with Gasteiger partial charge in [-0.25, -0.2) is 10.3 Å². The van der Waals surface area contributed by atoms with Crippen molar-refractivity contribution in [1.82, 2.24) is 0 Å². The van der Waals surface area contributed by atoms with E-state index in [2.05, 4.69) is 5.48 Å². The molecule has 0 unspecified atom stereocenters. The minimum absolute atomic E-state index is 0.150. The molecule has 20 heavy (non-hydrogen) atoms. The van der Waals surface area contributed by atoms with E-state index < -0.39 is 5.97 Å². The topological polar surface area (TPSA) is 64.3 Å². The minimum Gasteiger partial charge on any atom is -0.399 e. The highest BCUT2D eigenvalue weighted by Crippen LogP contribution is 2.20. The van der Waals surface area contributed by atoms with E-state index in [4.69, 9.17) is 22.2 Å². The van der Waals surface area contributed by atoms with Crippen LogP contribution in [0.2, 0.25) is 5.02 Å².